The molecule has 1 amide bonds. The number of methoxy groups -OCH3 is 1. The third kappa shape index (κ3) is 4.54. The molecular weight excluding hydrogens is 503 g/mol. The smallest absolute Gasteiger partial charge is 0.259 e. The van der Waals surface area contributed by atoms with Gasteiger partial charge in [-0.15, -0.1) is 0 Å². The summed E-state index contributed by atoms with van der Waals surface area (Å²) >= 11 is 2.23. The van der Waals surface area contributed by atoms with Gasteiger partial charge >= 0.3 is 0 Å². The maximum Gasteiger partial charge on any atom is 0.259 e. The minimum Gasteiger partial charge on any atom is -0.506 e. The van der Waals surface area contributed by atoms with Crippen LogP contribution in [0.1, 0.15) is 15.9 Å². The van der Waals surface area contributed by atoms with Crippen LogP contribution in [-0.2, 0) is 0 Å². The van der Waals surface area contributed by atoms with Crippen LogP contribution in [0.5, 0.6) is 11.5 Å². The lowest BCUT2D eigenvalue weighted by molar-refractivity contribution is 0.102. The van der Waals surface area contributed by atoms with E-state index in [2.05, 4.69) is 32.9 Å². The summed E-state index contributed by atoms with van der Waals surface area (Å²) in [6.45, 7) is 0. The number of fused-ring (bicyclic) bond motifs is 1. The highest BCUT2D eigenvalue weighted by atomic mass is 127. The summed E-state index contributed by atoms with van der Waals surface area (Å²) in [5.41, 5.74) is 1.93. The number of carbonyl (C=O) groups excluding carboxylic acids is 1. The fraction of sp³-hybridized carbons (Fsp3) is 0.0400. The molecule has 4 aromatic carbocycles. The predicted molar refractivity (Wildman–Crippen MR) is 133 cm³/mol. The second-order valence-electron chi connectivity index (χ2n) is 6.80. The number of halogens is 1. The number of anilines is 1. The molecular formula is C25H19IN2O3. The average Bonchev–Trinajstić information content (AvgIpc) is 2.79. The molecule has 0 fully saturated rings. The Balaban J connectivity index is 1.77. The summed E-state index contributed by atoms with van der Waals surface area (Å²) < 4.78 is 6.41. The van der Waals surface area contributed by atoms with Crippen LogP contribution in [0.15, 0.2) is 83.9 Å². The van der Waals surface area contributed by atoms with E-state index >= 15 is 0 Å². The van der Waals surface area contributed by atoms with Gasteiger partial charge in [0.15, 0.2) is 0 Å². The maximum absolute atomic E-state index is 13.0. The monoisotopic (exact) mass is 522 g/mol. The Morgan fingerprint density at radius 2 is 1.74 bits per heavy atom. The lowest BCUT2D eigenvalue weighted by Gasteiger charge is -2.13. The molecule has 4 rings (SSSR count). The molecule has 0 heterocycles. The molecule has 0 spiro atoms. The number of para-hydroxylation sites is 2. The van der Waals surface area contributed by atoms with Crippen molar-refractivity contribution in [1.29, 1.82) is 0 Å². The Bertz CT molecular complexity index is 1280. The van der Waals surface area contributed by atoms with Gasteiger partial charge in [-0.2, -0.15) is 0 Å². The van der Waals surface area contributed by atoms with Crippen LogP contribution in [0.2, 0.25) is 0 Å². The number of ether oxygens (including phenoxy) is 1. The van der Waals surface area contributed by atoms with E-state index in [1.54, 1.807) is 30.5 Å². The van der Waals surface area contributed by atoms with E-state index in [1.165, 1.54) is 7.11 Å². The van der Waals surface area contributed by atoms with Gasteiger partial charge in [-0.1, -0.05) is 36.4 Å². The third-order valence-electron chi connectivity index (χ3n) is 4.83. The van der Waals surface area contributed by atoms with Crippen molar-refractivity contribution in [1.82, 2.24) is 0 Å². The standard InChI is InChI=1S/C25H19IN2O3/c1-31-23-9-5-4-8-22(23)28-25(30)20-14-16-6-2-3-7-19(16)21(24(20)29)15-27-18-12-10-17(26)11-13-18/h2-15,29H,1H3,(H,28,30). The summed E-state index contributed by atoms with van der Waals surface area (Å²) in [5.74, 6) is -0.0198. The molecule has 0 aromatic heterocycles. The average molecular weight is 522 g/mol. The van der Waals surface area contributed by atoms with Gasteiger partial charge in [0.05, 0.1) is 24.0 Å². The van der Waals surface area contributed by atoms with E-state index in [0.717, 1.165) is 20.0 Å². The Morgan fingerprint density at radius 3 is 2.52 bits per heavy atom. The van der Waals surface area contributed by atoms with Crippen LogP contribution in [0.25, 0.3) is 10.8 Å². The molecule has 0 bridgehead atoms. The topological polar surface area (TPSA) is 70.9 Å². The van der Waals surface area contributed by atoms with Crippen molar-refractivity contribution in [2.24, 2.45) is 4.99 Å². The first-order valence-electron chi connectivity index (χ1n) is 9.55. The Morgan fingerprint density at radius 1 is 1.03 bits per heavy atom. The van der Waals surface area contributed by atoms with Crippen molar-refractivity contribution in [2.45, 2.75) is 0 Å². The van der Waals surface area contributed by atoms with Gasteiger partial charge in [0.25, 0.3) is 5.91 Å². The zero-order valence-corrected chi connectivity index (χ0v) is 18.8. The Labute approximate surface area is 193 Å². The highest BCUT2D eigenvalue weighted by Gasteiger charge is 2.18. The number of rotatable bonds is 5. The van der Waals surface area contributed by atoms with E-state index in [9.17, 15) is 9.90 Å². The molecule has 0 aliphatic heterocycles. The van der Waals surface area contributed by atoms with Gasteiger partial charge in [-0.3, -0.25) is 9.79 Å². The van der Waals surface area contributed by atoms with Crippen LogP contribution in [0, 0.1) is 3.57 Å². The molecule has 0 aliphatic carbocycles. The van der Waals surface area contributed by atoms with Crippen LogP contribution in [0.3, 0.4) is 0 Å². The van der Waals surface area contributed by atoms with Crippen molar-refractivity contribution in [3.63, 3.8) is 0 Å². The molecule has 0 unspecified atom stereocenters. The molecule has 0 saturated heterocycles. The number of benzene rings is 4. The molecule has 5 nitrogen and oxygen atoms in total. The molecule has 0 saturated carbocycles. The molecule has 154 valence electrons. The first-order chi connectivity index (χ1) is 15.1. The summed E-state index contributed by atoms with van der Waals surface area (Å²) in [6.07, 6.45) is 1.60. The summed E-state index contributed by atoms with van der Waals surface area (Å²) in [6, 6.07) is 24.1. The highest BCUT2D eigenvalue weighted by molar-refractivity contribution is 14.1. The maximum atomic E-state index is 13.0. The van der Waals surface area contributed by atoms with E-state index < -0.39 is 5.91 Å². The number of nitrogens with zero attached hydrogens (tertiary/aromatic N) is 1. The second kappa shape index (κ2) is 9.18. The largest absolute Gasteiger partial charge is 0.506 e. The number of hydrogen-bond donors (Lipinski definition) is 2. The SMILES string of the molecule is COc1ccccc1NC(=O)c1cc2ccccc2c(C=Nc2ccc(I)cc2)c1O. The van der Waals surface area contributed by atoms with Crippen LogP contribution < -0.4 is 10.1 Å². The number of aliphatic imine (C=N–C) groups is 1. The van der Waals surface area contributed by atoms with E-state index in [0.29, 0.717) is 17.0 Å². The number of aromatic hydroxyl groups is 1. The van der Waals surface area contributed by atoms with Gasteiger partial charge in [-0.25, -0.2) is 0 Å². The first-order valence-corrected chi connectivity index (χ1v) is 10.6. The Hall–Kier alpha value is -3.39. The number of phenols is 1. The Kier molecular flexibility index (Phi) is 6.18. The van der Waals surface area contributed by atoms with Crippen LogP contribution >= 0.6 is 22.6 Å². The fourth-order valence-electron chi connectivity index (χ4n) is 3.27. The molecule has 2 N–H and O–H groups in total. The predicted octanol–water partition coefficient (Wildman–Crippen LogP) is 6.16. The number of phenolic OH excluding ortho intramolecular Hbond substituents is 1. The quantitative estimate of drug-likeness (QED) is 0.244. The molecule has 6 heteroatoms. The number of nitrogens with one attached hydrogen (secondary N) is 1. The van der Waals surface area contributed by atoms with Crippen molar-refractivity contribution < 1.29 is 14.6 Å². The second-order valence-corrected chi connectivity index (χ2v) is 8.04. The van der Waals surface area contributed by atoms with E-state index in [-0.39, 0.29) is 11.3 Å². The fourth-order valence-corrected chi connectivity index (χ4v) is 3.63. The van der Waals surface area contributed by atoms with Crippen molar-refractivity contribution in [3.8, 4) is 11.5 Å². The van der Waals surface area contributed by atoms with Gasteiger partial charge in [0.2, 0.25) is 0 Å². The summed E-state index contributed by atoms with van der Waals surface area (Å²) in [7, 11) is 1.54. The molecule has 31 heavy (non-hydrogen) atoms. The molecule has 0 aliphatic rings. The first kappa shape index (κ1) is 20.9. The highest BCUT2D eigenvalue weighted by Crippen LogP contribution is 2.32. The van der Waals surface area contributed by atoms with Crippen molar-refractivity contribution in [3.05, 3.63) is 93.6 Å². The van der Waals surface area contributed by atoms with Gasteiger partial charge in [0.1, 0.15) is 11.5 Å². The van der Waals surface area contributed by atoms with Gasteiger partial charge < -0.3 is 15.2 Å². The number of amides is 1. The van der Waals surface area contributed by atoms with Gasteiger partial charge in [-0.05, 0) is 75.8 Å². The van der Waals surface area contributed by atoms with Gasteiger partial charge in [0, 0.05) is 15.3 Å². The molecule has 0 radical (unpaired) electrons. The lowest BCUT2D eigenvalue weighted by atomic mass is 9.99. The molecule has 0 atom stereocenters. The minimum absolute atomic E-state index is 0.125. The van der Waals surface area contributed by atoms with Crippen molar-refractivity contribution in [2.75, 3.05) is 12.4 Å². The minimum atomic E-state index is -0.434. The number of carbonyl (C=O) groups is 1. The van der Waals surface area contributed by atoms with Crippen LogP contribution in [-0.4, -0.2) is 24.3 Å². The zero-order chi connectivity index (χ0) is 21.8. The van der Waals surface area contributed by atoms with Crippen molar-refractivity contribution >= 4 is 56.9 Å². The van der Waals surface area contributed by atoms with E-state index in [1.807, 2.05) is 54.6 Å². The van der Waals surface area contributed by atoms with E-state index in [4.69, 9.17) is 4.74 Å². The summed E-state index contributed by atoms with van der Waals surface area (Å²) in [5, 5.41) is 15.5. The molecule has 4 aromatic rings. The summed E-state index contributed by atoms with van der Waals surface area (Å²) in [4.78, 5) is 17.5. The lowest BCUT2D eigenvalue weighted by Crippen LogP contribution is -2.13. The normalized spacial score (nSPS) is 11.0. The number of hydrogen-bond acceptors (Lipinski definition) is 4. The third-order valence-corrected chi connectivity index (χ3v) is 5.55. The zero-order valence-electron chi connectivity index (χ0n) is 16.7. The van der Waals surface area contributed by atoms with Crippen LogP contribution in [0.4, 0.5) is 11.4 Å².